The number of rotatable bonds is 5. The van der Waals surface area contributed by atoms with Crippen LogP contribution in [-0.4, -0.2) is 17.8 Å². The van der Waals surface area contributed by atoms with Crippen LogP contribution in [0.1, 0.15) is 21.7 Å². The summed E-state index contributed by atoms with van der Waals surface area (Å²) < 4.78 is 0. The lowest BCUT2D eigenvalue weighted by molar-refractivity contribution is -0.380. The van der Waals surface area contributed by atoms with Gasteiger partial charge in [-0.1, -0.05) is 23.5 Å². The molecule has 0 unspecified atom stereocenters. The van der Waals surface area contributed by atoms with E-state index >= 15 is 0 Å². The van der Waals surface area contributed by atoms with Gasteiger partial charge in [0.15, 0.2) is 6.29 Å². The van der Waals surface area contributed by atoms with Gasteiger partial charge in [0.1, 0.15) is 0 Å². The standard InChI is InChI=1S/C9H10N2O3S/c10-4-2-1-3-7-5-8(6-12)15-9(7)11(13)14/h1,3,5-6H,2,4,10H2. The number of carbonyl (C=O) groups excluding carboxylic acids is 1. The minimum Gasteiger partial charge on any atom is -0.330 e. The number of nitro groups is 1. The third-order valence-electron chi connectivity index (χ3n) is 1.67. The fourth-order valence-electron chi connectivity index (χ4n) is 1.04. The molecule has 2 N–H and O–H groups in total. The topological polar surface area (TPSA) is 86.2 Å². The largest absolute Gasteiger partial charge is 0.331 e. The first-order valence-electron chi connectivity index (χ1n) is 4.29. The SMILES string of the molecule is NCCC=Cc1cc(C=O)sc1[N+](=O)[O-]. The number of aldehydes is 1. The number of hydrogen-bond donors (Lipinski definition) is 1. The predicted octanol–water partition coefficient (Wildman–Crippen LogP) is 1.83. The summed E-state index contributed by atoms with van der Waals surface area (Å²) in [6.07, 6.45) is 4.64. The molecule has 0 aliphatic heterocycles. The van der Waals surface area contributed by atoms with E-state index in [-0.39, 0.29) is 5.00 Å². The Balaban J connectivity index is 2.98. The van der Waals surface area contributed by atoms with E-state index < -0.39 is 4.92 Å². The fourth-order valence-corrected chi connectivity index (χ4v) is 1.82. The molecule has 6 heteroatoms. The van der Waals surface area contributed by atoms with E-state index in [1.807, 2.05) is 0 Å². The quantitative estimate of drug-likeness (QED) is 0.471. The third-order valence-corrected chi connectivity index (χ3v) is 2.70. The Morgan fingerprint density at radius 1 is 1.60 bits per heavy atom. The van der Waals surface area contributed by atoms with Crippen LogP contribution in [0.3, 0.4) is 0 Å². The molecule has 0 amide bonds. The van der Waals surface area contributed by atoms with Crippen LogP contribution in [0.25, 0.3) is 6.08 Å². The molecule has 1 rings (SSSR count). The van der Waals surface area contributed by atoms with Crippen LogP contribution in [0, 0.1) is 10.1 Å². The zero-order chi connectivity index (χ0) is 11.3. The Bertz CT molecular complexity index is 398. The van der Waals surface area contributed by atoms with E-state index in [4.69, 9.17) is 5.73 Å². The lowest BCUT2D eigenvalue weighted by Crippen LogP contribution is -1.95. The fraction of sp³-hybridized carbons (Fsp3) is 0.222. The van der Waals surface area contributed by atoms with Crippen LogP contribution in [0.2, 0.25) is 0 Å². The summed E-state index contributed by atoms with van der Waals surface area (Å²) in [6, 6.07) is 1.50. The van der Waals surface area contributed by atoms with Crippen LogP contribution >= 0.6 is 11.3 Å². The third kappa shape index (κ3) is 2.97. The van der Waals surface area contributed by atoms with Gasteiger partial charge in [-0.15, -0.1) is 0 Å². The maximum atomic E-state index is 10.6. The number of thiophene rings is 1. The second-order valence-electron chi connectivity index (χ2n) is 2.76. The minimum atomic E-state index is -0.486. The molecule has 0 bridgehead atoms. The summed E-state index contributed by atoms with van der Waals surface area (Å²) in [5.74, 6) is 0. The molecule has 0 saturated carbocycles. The molecule has 0 saturated heterocycles. The average molecular weight is 226 g/mol. The molecule has 80 valence electrons. The maximum absolute atomic E-state index is 10.6. The number of carbonyl (C=O) groups is 1. The Labute approximate surface area is 90.4 Å². The van der Waals surface area contributed by atoms with E-state index in [0.29, 0.717) is 29.7 Å². The predicted molar refractivity (Wildman–Crippen MR) is 59.1 cm³/mol. The Morgan fingerprint density at radius 3 is 2.87 bits per heavy atom. The summed E-state index contributed by atoms with van der Waals surface area (Å²) in [7, 11) is 0. The highest BCUT2D eigenvalue weighted by molar-refractivity contribution is 7.17. The smallest absolute Gasteiger partial charge is 0.330 e. The Kier molecular flexibility index (Phi) is 4.14. The summed E-state index contributed by atoms with van der Waals surface area (Å²) in [6.45, 7) is 0.495. The van der Waals surface area contributed by atoms with Gasteiger partial charge in [0.05, 0.1) is 15.4 Å². The molecule has 15 heavy (non-hydrogen) atoms. The van der Waals surface area contributed by atoms with Crippen molar-refractivity contribution in [1.82, 2.24) is 0 Å². The van der Waals surface area contributed by atoms with E-state index in [1.54, 1.807) is 12.2 Å². The minimum absolute atomic E-state index is 0.00892. The van der Waals surface area contributed by atoms with Gasteiger partial charge in [-0.3, -0.25) is 14.9 Å². The summed E-state index contributed by atoms with van der Waals surface area (Å²) in [5, 5.41) is 10.6. The molecule has 0 aliphatic carbocycles. The van der Waals surface area contributed by atoms with Gasteiger partial charge in [0.25, 0.3) is 0 Å². The molecule has 5 nitrogen and oxygen atoms in total. The van der Waals surface area contributed by atoms with Crippen molar-refractivity contribution >= 4 is 28.7 Å². The van der Waals surface area contributed by atoms with Gasteiger partial charge in [-0.25, -0.2) is 0 Å². The van der Waals surface area contributed by atoms with Crippen molar-refractivity contribution in [3.05, 3.63) is 32.7 Å². The van der Waals surface area contributed by atoms with Gasteiger partial charge < -0.3 is 5.73 Å². The van der Waals surface area contributed by atoms with Crippen LogP contribution in [0.5, 0.6) is 0 Å². The summed E-state index contributed by atoms with van der Waals surface area (Å²) in [5.41, 5.74) is 5.74. The first-order chi connectivity index (χ1) is 7.19. The molecule has 1 heterocycles. The van der Waals surface area contributed by atoms with Gasteiger partial charge in [-0.2, -0.15) is 0 Å². The van der Waals surface area contributed by atoms with Crippen molar-refractivity contribution in [3.63, 3.8) is 0 Å². The number of nitrogens with zero attached hydrogens (tertiary/aromatic N) is 1. The molecule has 1 aromatic heterocycles. The van der Waals surface area contributed by atoms with Crippen molar-refractivity contribution in [2.45, 2.75) is 6.42 Å². The molecule has 0 radical (unpaired) electrons. The van der Waals surface area contributed by atoms with Gasteiger partial charge in [0.2, 0.25) is 0 Å². The summed E-state index contributed by atoms with van der Waals surface area (Å²) in [4.78, 5) is 21.0. The zero-order valence-corrected chi connectivity index (χ0v) is 8.70. The molecule has 0 aliphatic rings. The van der Waals surface area contributed by atoms with Gasteiger partial charge >= 0.3 is 5.00 Å². The zero-order valence-electron chi connectivity index (χ0n) is 7.88. The molecule has 1 aromatic rings. The van der Waals surface area contributed by atoms with E-state index in [2.05, 4.69) is 0 Å². The van der Waals surface area contributed by atoms with Crippen molar-refractivity contribution in [3.8, 4) is 0 Å². The normalized spacial score (nSPS) is 10.7. The Morgan fingerprint density at radius 2 is 2.33 bits per heavy atom. The molecule has 0 atom stereocenters. The van der Waals surface area contributed by atoms with Crippen LogP contribution in [-0.2, 0) is 0 Å². The van der Waals surface area contributed by atoms with Crippen molar-refractivity contribution in [2.75, 3.05) is 6.54 Å². The van der Waals surface area contributed by atoms with E-state index in [1.165, 1.54) is 6.07 Å². The van der Waals surface area contributed by atoms with E-state index in [9.17, 15) is 14.9 Å². The average Bonchev–Trinajstić information content (AvgIpc) is 2.62. The van der Waals surface area contributed by atoms with Gasteiger partial charge in [0, 0.05) is 0 Å². The molecular weight excluding hydrogens is 216 g/mol. The molecular formula is C9H10N2O3S. The maximum Gasteiger partial charge on any atom is 0.331 e. The highest BCUT2D eigenvalue weighted by Crippen LogP contribution is 2.30. The molecule has 0 fully saturated rings. The monoisotopic (exact) mass is 226 g/mol. The van der Waals surface area contributed by atoms with Gasteiger partial charge in [-0.05, 0) is 19.0 Å². The van der Waals surface area contributed by atoms with Crippen LogP contribution < -0.4 is 5.73 Å². The molecule has 0 aromatic carbocycles. The first-order valence-corrected chi connectivity index (χ1v) is 5.10. The number of nitrogens with two attached hydrogens (primary N) is 1. The van der Waals surface area contributed by atoms with Crippen molar-refractivity contribution < 1.29 is 9.72 Å². The molecule has 0 spiro atoms. The number of hydrogen-bond acceptors (Lipinski definition) is 5. The highest BCUT2D eigenvalue weighted by Gasteiger charge is 2.16. The second kappa shape index (κ2) is 5.38. The van der Waals surface area contributed by atoms with Crippen molar-refractivity contribution in [1.29, 1.82) is 0 Å². The van der Waals surface area contributed by atoms with Crippen molar-refractivity contribution in [2.24, 2.45) is 5.73 Å². The van der Waals surface area contributed by atoms with Crippen LogP contribution in [0.4, 0.5) is 5.00 Å². The second-order valence-corrected chi connectivity index (χ2v) is 3.83. The lowest BCUT2D eigenvalue weighted by atomic mass is 10.2. The first kappa shape index (κ1) is 11.5. The highest BCUT2D eigenvalue weighted by atomic mass is 32.1. The lowest BCUT2D eigenvalue weighted by Gasteiger charge is -1.88. The van der Waals surface area contributed by atoms with Crippen LogP contribution in [0.15, 0.2) is 12.1 Å². The summed E-state index contributed by atoms with van der Waals surface area (Å²) >= 11 is 0.876. The Hall–Kier alpha value is -1.53. The van der Waals surface area contributed by atoms with E-state index in [0.717, 1.165) is 11.3 Å².